The molecule has 1 rings (SSSR count). The van der Waals surface area contributed by atoms with Gasteiger partial charge in [0, 0.05) is 5.56 Å². The molecule has 0 unspecified atom stereocenters. The largest absolute Gasteiger partial charge is 1.00 e. The van der Waals surface area contributed by atoms with Crippen LogP contribution in [0, 0.1) is 0 Å². The number of benzene rings is 1. The number of hydrogen-bond donors (Lipinski definition) is 0. The molecule has 0 spiro atoms. The molecule has 0 aliphatic carbocycles. The molecule has 0 atom stereocenters. The molecule has 0 aliphatic rings. The summed E-state index contributed by atoms with van der Waals surface area (Å²) in [6.45, 7) is 15.8. The van der Waals surface area contributed by atoms with Gasteiger partial charge < -0.3 is 16.9 Å². The Morgan fingerprint density at radius 3 is 1.70 bits per heavy atom. The lowest BCUT2D eigenvalue weighted by molar-refractivity contribution is -0.941. The standard InChI is InChI=1S/C18H30N.ClH/c1-5-13-19(14-6-2,15-7-3)16-18-11-9-17(8-4)10-12-18;/h8-12H,4-7,13-16H2,1-3H3;1H/q+1;/p-1. The summed E-state index contributed by atoms with van der Waals surface area (Å²) in [5.41, 5.74) is 2.67. The van der Waals surface area contributed by atoms with E-state index in [1.807, 2.05) is 6.08 Å². The van der Waals surface area contributed by atoms with Crippen molar-refractivity contribution in [2.45, 2.75) is 46.6 Å². The van der Waals surface area contributed by atoms with Gasteiger partial charge in [-0.15, -0.1) is 0 Å². The van der Waals surface area contributed by atoms with Crippen LogP contribution in [0.4, 0.5) is 0 Å². The minimum Gasteiger partial charge on any atom is -1.00 e. The molecule has 0 amide bonds. The van der Waals surface area contributed by atoms with Crippen LogP contribution in [0.1, 0.15) is 51.2 Å². The minimum absolute atomic E-state index is 0. The molecule has 0 fully saturated rings. The summed E-state index contributed by atoms with van der Waals surface area (Å²) in [6.07, 6.45) is 5.72. The zero-order chi connectivity index (χ0) is 14.1. The molecule has 1 nitrogen and oxygen atoms in total. The first-order valence-corrected chi connectivity index (χ1v) is 7.76. The van der Waals surface area contributed by atoms with Crippen molar-refractivity contribution < 1.29 is 16.9 Å². The molecule has 0 heterocycles. The molecule has 0 aliphatic heterocycles. The quantitative estimate of drug-likeness (QED) is 0.610. The van der Waals surface area contributed by atoms with Gasteiger partial charge in [-0.2, -0.15) is 0 Å². The Balaban J connectivity index is 0.00000361. The Kier molecular flexibility index (Phi) is 9.62. The molecule has 0 bridgehead atoms. The molecule has 114 valence electrons. The highest BCUT2D eigenvalue weighted by molar-refractivity contribution is 5.47. The molecule has 0 aromatic heterocycles. The van der Waals surface area contributed by atoms with Gasteiger partial charge in [0.2, 0.25) is 0 Å². The monoisotopic (exact) mass is 295 g/mol. The molecule has 0 N–H and O–H groups in total. The van der Waals surface area contributed by atoms with Crippen LogP contribution >= 0.6 is 0 Å². The van der Waals surface area contributed by atoms with Gasteiger partial charge >= 0.3 is 0 Å². The van der Waals surface area contributed by atoms with E-state index < -0.39 is 0 Å². The number of rotatable bonds is 9. The van der Waals surface area contributed by atoms with Crippen molar-refractivity contribution in [3.8, 4) is 0 Å². The summed E-state index contributed by atoms with van der Waals surface area (Å²) in [5.74, 6) is 0. The maximum absolute atomic E-state index is 3.82. The Labute approximate surface area is 131 Å². The van der Waals surface area contributed by atoms with Gasteiger partial charge in [0.15, 0.2) is 0 Å². The fourth-order valence-electron chi connectivity index (χ4n) is 3.14. The Hall–Kier alpha value is -0.790. The van der Waals surface area contributed by atoms with Crippen LogP contribution in [0.3, 0.4) is 0 Å². The fraction of sp³-hybridized carbons (Fsp3) is 0.556. The van der Waals surface area contributed by atoms with Gasteiger partial charge in [0.05, 0.1) is 19.6 Å². The average molecular weight is 296 g/mol. The Morgan fingerprint density at radius 1 is 0.900 bits per heavy atom. The molecule has 20 heavy (non-hydrogen) atoms. The van der Waals surface area contributed by atoms with Crippen molar-refractivity contribution in [2.75, 3.05) is 19.6 Å². The van der Waals surface area contributed by atoms with Crippen molar-refractivity contribution in [3.05, 3.63) is 42.0 Å². The molecule has 0 saturated heterocycles. The predicted molar refractivity (Wildman–Crippen MR) is 86.0 cm³/mol. The van der Waals surface area contributed by atoms with Crippen molar-refractivity contribution in [3.63, 3.8) is 0 Å². The van der Waals surface area contributed by atoms with Crippen LogP contribution in [0.2, 0.25) is 0 Å². The highest BCUT2D eigenvalue weighted by Gasteiger charge is 2.24. The number of quaternary nitrogens is 1. The summed E-state index contributed by atoms with van der Waals surface area (Å²) in [5, 5.41) is 0. The summed E-state index contributed by atoms with van der Waals surface area (Å²) in [4.78, 5) is 0. The van der Waals surface area contributed by atoms with E-state index in [4.69, 9.17) is 0 Å². The first-order chi connectivity index (χ1) is 9.19. The molecule has 2 heteroatoms. The maximum Gasteiger partial charge on any atom is 0.104 e. The molecular weight excluding hydrogens is 266 g/mol. The summed E-state index contributed by atoms with van der Waals surface area (Å²) < 4.78 is 1.25. The lowest BCUT2D eigenvalue weighted by atomic mass is 10.1. The topological polar surface area (TPSA) is 0 Å². The average Bonchev–Trinajstić information content (AvgIpc) is 2.40. The highest BCUT2D eigenvalue weighted by Crippen LogP contribution is 2.18. The summed E-state index contributed by atoms with van der Waals surface area (Å²) >= 11 is 0. The molecule has 0 saturated carbocycles. The smallest absolute Gasteiger partial charge is 0.104 e. The van der Waals surface area contributed by atoms with E-state index in [2.05, 4.69) is 51.6 Å². The second kappa shape index (κ2) is 10.0. The Bertz CT molecular complexity index is 352. The van der Waals surface area contributed by atoms with E-state index in [9.17, 15) is 0 Å². The number of nitrogens with zero attached hydrogens (tertiary/aromatic N) is 1. The maximum atomic E-state index is 3.82. The zero-order valence-corrected chi connectivity index (χ0v) is 14.1. The lowest BCUT2D eigenvalue weighted by Crippen LogP contribution is -3.00. The number of hydrogen-bond acceptors (Lipinski definition) is 0. The van der Waals surface area contributed by atoms with Gasteiger partial charge in [-0.1, -0.05) is 57.7 Å². The van der Waals surface area contributed by atoms with Crippen LogP contribution in [-0.2, 0) is 6.54 Å². The third kappa shape index (κ3) is 5.68. The van der Waals surface area contributed by atoms with Crippen LogP contribution in [0.15, 0.2) is 30.8 Å². The van der Waals surface area contributed by atoms with Gasteiger partial charge in [0.25, 0.3) is 0 Å². The lowest BCUT2D eigenvalue weighted by Gasteiger charge is -2.38. The molecular formula is C18H30ClN. The van der Waals surface area contributed by atoms with E-state index in [1.54, 1.807) is 0 Å². The Morgan fingerprint density at radius 2 is 1.35 bits per heavy atom. The fourth-order valence-corrected chi connectivity index (χ4v) is 3.14. The van der Waals surface area contributed by atoms with E-state index in [0.717, 1.165) is 0 Å². The van der Waals surface area contributed by atoms with E-state index in [0.29, 0.717) is 0 Å². The first-order valence-electron chi connectivity index (χ1n) is 7.76. The zero-order valence-electron chi connectivity index (χ0n) is 13.4. The van der Waals surface area contributed by atoms with E-state index >= 15 is 0 Å². The van der Waals surface area contributed by atoms with Crippen molar-refractivity contribution in [1.82, 2.24) is 0 Å². The van der Waals surface area contributed by atoms with Crippen LogP contribution in [0.5, 0.6) is 0 Å². The predicted octanol–water partition coefficient (Wildman–Crippen LogP) is 1.88. The molecule has 1 aromatic carbocycles. The molecule has 0 radical (unpaired) electrons. The second-order valence-electron chi connectivity index (χ2n) is 5.62. The van der Waals surface area contributed by atoms with Gasteiger partial charge in [-0.25, -0.2) is 0 Å². The number of halogens is 1. The van der Waals surface area contributed by atoms with Crippen LogP contribution < -0.4 is 12.4 Å². The summed E-state index contributed by atoms with van der Waals surface area (Å²) in [7, 11) is 0. The van der Waals surface area contributed by atoms with Gasteiger partial charge in [-0.3, -0.25) is 0 Å². The van der Waals surface area contributed by atoms with Gasteiger partial charge in [0.1, 0.15) is 6.54 Å². The summed E-state index contributed by atoms with van der Waals surface area (Å²) in [6, 6.07) is 8.90. The third-order valence-electron chi connectivity index (χ3n) is 3.83. The van der Waals surface area contributed by atoms with E-state index in [1.165, 1.54) is 61.1 Å². The SMILES string of the molecule is C=Cc1ccc(C[N+](CCC)(CCC)CCC)cc1.[Cl-]. The van der Waals surface area contributed by atoms with Crippen molar-refractivity contribution >= 4 is 6.08 Å². The van der Waals surface area contributed by atoms with Crippen LogP contribution in [0.25, 0.3) is 6.08 Å². The second-order valence-corrected chi connectivity index (χ2v) is 5.62. The van der Waals surface area contributed by atoms with Crippen molar-refractivity contribution in [1.29, 1.82) is 0 Å². The first kappa shape index (κ1) is 19.2. The van der Waals surface area contributed by atoms with Crippen molar-refractivity contribution in [2.24, 2.45) is 0 Å². The minimum atomic E-state index is 0. The normalized spacial score (nSPS) is 10.9. The van der Waals surface area contributed by atoms with Gasteiger partial charge in [-0.05, 0) is 24.8 Å². The van der Waals surface area contributed by atoms with Crippen LogP contribution in [-0.4, -0.2) is 24.1 Å². The highest BCUT2D eigenvalue weighted by atomic mass is 35.5. The van der Waals surface area contributed by atoms with E-state index in [-0.39, 0.29) is 12.4 Å². The molecule has 1 aromatic rings. The third-order valence-corrected chi connectivity index (χ3v) is 3.83.